The maximum atomic E-state index is 5.24. The van der Waals surface area contributed by atoms with E-state index in [9.17, 15) is 0 Å². The van der Waals surface area contributed by atoms with E-state index in [4.69, 9.17) is 5.84 Å². The Kier molecular flexibility index (Phi) is 1.73. The van der Waals surface area contributed by atoms with Gasteiger partial charge in [-0.1, -0.05) is 23.9 Å². The second-order valence-corrected chi connectivity index (χ2v) is 3.25. The molecule has 0 unspecified atom stereocenters. The number of para-hydroxylation sites is 1. The monoisotopic (exact) mass is 166 g/mol. The third kappa shape index (κ3) is 1.20. The number of hydrazine groups is 1. The Hall–Kier alpha value is -0.710. The van der Waals surface area contributed by atoms with Crippen LogP contribution in [0.25, 0.3) is 0 Å². The van der Waals surface area contributed by atoms with Crippen molar-refractivity contribution < 1.29 is 0 Å². The van der Waals surface area contributed by atoms with Gasteiger partial charge < -0.3 is 5.32 Å². The second kappa shape index (κ2) is 2.73. The smallest absolute Gasteiger partial charge is 0.203 e. The average molecular weight is 166 g/mol. The summed E-state index contributed by atoms with van der Waals surface area (Å²) in [6, 6.07) is 8.07. The average Bonchev–Trinajstić information content (AvgIpc) is 2.46. The van der Waals surface area contributed by atoms with Crippen LogP contribution in [0.1, 0.15) is 0 Å². The fourth-order valence-corrected chi connectivity index (χ4v) is 1.80. The number of nitrogens with two attached hydrogens (primary N) is 1. The molecule has 1 aliphatic rings. The third-order valence-electron chi connectivity index (χ3n) is 1.48. The first-order valence-corrected chi connectivity index (χ1v) is 4.09. The molecule has 2 rings (SSSR count). The van der Waals surface area contributed by atoms with E-state index in [0.29, 0.717) is 0 Å². The van der Waals surface area contributed by atoms with E-state index >= 15 is 0 Å². The van der Waals surface area contributed by atoms with E-state index in [1.54, 1.807) is 11.8 Å². The van der Waals surface area contributed by atoms with E-state index in [0.717, 1.165) is 11.2 Å². The molecule has 0 bridgehead atoms. The largest absolute Gasteiger partial charge is 0.353 e. The molecule has 0 saturated carbocycles. The standard InChI is InChI=1S/C7H8N3S/c8-10-7-9-5-3-1-2-4-6(5)11-7/h1-4,9-10H,8H2. The molecule has 57 valence electrons. The zero-order valence-electron chi connectivity index (χ0n) is 5.79. The summed E-state index contributed by atoms with van der Waals surface area (Å²) in [6.45, 7) is 0. The topological polar surface area (TPSA) is 50.1 Å². The minimum atomic E-state index is 0.881. The molecule has 1 radical (unpaired) electrons. The number of hydrogen-bond acceptors (Lipinski definition) is 4. The first-order chi connectivity index (χ1) is 5.40. The molecule has 0 aromatic heterocycles. The van der Waals surface area contributed by atoms with E-state index in [2.05, 4.69) is 16.8 Å². The Balaban J connectivity index is 2.27. The molecule has 1 aromatic rings. The first kappa shape index (κ1) is 6.97. The molecular formula is C7H8N3S. The van der Waals surface area contributed by atoms with Crippen LogP contribution in [-0.2, 0) is 0 Å². The minimum absolute atomic E-state index is 0.881. The normalized spacial score (nSPS) is 16.1. The van der Waals surface area contributed by atoms with Crippen molar-refractivity contribution in [2.24, 2.45) is 5.84 Å². The third-order valence-corrected chi connectivity index (χ3v) is 2.48. The lowest BCUT2D eigenvalue weighted by Gasteiger charge is -2.03. The van der Waals surface area contributed by atoms with Gasteiger partial charge in [-0.05, 0) is 12.1 Å². The summed E-state index contributed by atoms with van der Waals surface area (Å²) in [7, 11) is 0. The molecule has 4 N–H and O–H groups in total. The van der Waals surface area contributed by atoms with Crippen molar-refractivity contribution in [2.45, 2.75) is 4.90 Å². The Bertz CT molecular complexity index is 239. The van der Waals surface area contributed by atoms with Gasteiger partial charge in [-0.15, -0.1) is 0 Å². The highest BCUT2D eigenvalue weighted by molar-refractivity contribution is 8.02. The molecular weight excluding hydrogens is 158 g/mol. The summed E-state index contributed by atoms with van der Waals surface area (Å²) in [4.78, 5) is 1.21. The number of anilines is 1. The SMILES string of the molecule is NN[C]1Nc2ccccc2S1. The van der Waals surface area contributed by atoms with Gasteiger partial charge in [0, 0.05) is 4.90 Å². The van der Waals surface area contributed by atoms with Crippen LogP contribution in [-0.4, -0.2) is 0 Å². The molecule has 3 nitrogen and oxygen atoms in total. The fraction of sp³-hybridized carbons (Fsp3) is 0. The number of fused-ring (bicyclic) bond motifs is 1. The molecule has 1 aromatic carbocycles. The van der Waals surface area contributed by atoms with Gasteiger partial charge in [0.15, 0.2) is 0 Å². The molecule has 0 fully saturated rings. The van der Waals surface area contributed by atoms with E-state index in [-0.39, 0.29) is 0 Å². The van der Waals surface area contributed by atoms with Crippen LogP contribution in [0.2, 0.25) is 0 Å². The van der Waals surface area contributed by atoms with Gasteiger partial charge in [-0.3, -0.25) is 5.84 Å². The number of benzene rings is 1. The van der Waals surface area contributed by atoms with Gasteiger partial charge in [0.05, 0.1) is 5.69 Å². The summed E-state index contributed by atoms with van der Waals surface area (Å²) >= 11 is 1.61. The van der Waals surface area contributed by atoms with Crippen LogP contribution in [0, 0.1) is 5.50 Å². The van der Waals surface area contributed by atoms with E-state index < -0.39 is 0 Å². The summed E-state index contributed by atoms with van der Waals surface area (Å²) in [6.07, 6.45) is 0. The van der Waals surface area contributed by atoms with Crippen molar-refractivity contribution in [1.82, 2.24) is 5.43 Å². The lowest BCUT2D eigenvalue weighted by molar-refractivity contribution is 0.862. The summed E-state index contributed by atoms with van der Waals surface area (Å²) in [5.41, 5.74) is 4.58. The molecule has 0 spiro atoms. The number of thioether (sulfide) groups is 1. The molecule has 0 saturated heterocycles. The molecule has 1 aliphatic heterocycles. The van der Waals surface area contributed by atoms with E-state index in [1.165, 1.54) is 4.90 Å². The van der Waals surface area contributed by atoms with Gasteiger partial charge >= 0.3 is 0 Å². The molecule has 1 heterocycles. The lowest BCUT2D eigenvalue weighted by Crippen LogP contribution is -2.28. The maximum absolute atomic E-state index is 5.24. The molecule has 0 atom stereocenters. The quantitative estimate of drug-likeness (QED) is 0.432. The lowest BCUT2D eigenvalue weighted by atomic mass is 10.3. The zero-order valence-corrected chi connectivity index (χ0v) is 6.61. The highest BCUT2D eigenvalue weighted by Gasteiger charge is 2.19. The van der Waals surface area contributed by atoms with Crippen molar-refractivity contribution in [3.05, 3.63) is 29.8 Å². The van der Waals surface area contributed by atoms with Crippen LogP contribution in [0.15, 0.2) is 29.2 Å². The molecule has 0 aliphatic carbocycles. The Morgan fingerprint density at radius 3 is 2.91 bits per heavy atom. The van der Waals surface area contributed by atoms with E-state index in [1.807, 2.05) is 18.2 Å². The van der Waals surface area contributed by atoms with Crippen molar-refractivity contribution in [3.63, 3.8) is 0 Å². The van der Waals surface area contributed by atoms with Gasteiger partial charge in [0.1, 0.15) is 0 Å². The maximum Gasteiger partial charge on any atom is 0.203 e. The Morgan fingerprint density at radius 1 is 1.36 bits per heavy atom. The molecule has 11 heavy (non-hydrogen) atoms. The van der Waals surface area contributed by atoms with Gasteiger partial charge in [-0.2, -0.15) is 0 Å². The van der Waals surface area contributed by atoms with Crippen LogP contribution < -0.4 is 16.6 Å². The highest BCUT2D eigenvalue weighted by Crippen LogP contribution is 2.40. The zero-order chi connectivity index (χ0) is 7.68. The first-order valence-electron chi connectivity index (χ1n) is 3.27. The highest BCUT2D eigenvalue weighted by atomic mass is 32.2. The van der Waals surface area contributed by atoms with Crippen molar-refractivity contribution in [1.29, 1.82) is 0 Å². The van der Waals surface area contributed by atoms with Crippen LogP contribution in [0.4, 0.5) is 5.69 Å². The van der Waals surface area contributed by atoms with Crippen LogP contribution in [0.3, 0.4) is 0 Å². The van der Waals surface area contributed by atoms with Crippen molar-refractivity contribution in [2.75, 3.05) is 5.32 Å². The summed E-state index contributed by atoms with van der Waals surface area (Å²) in [5, 5.41) is 3.13. The minimum Gasteiger partial charge on any atom is -0.353 e. The summed E-state index contributed by atoms with van der Waals surface area (Å²) in [5.74, 6) is 5.24. The number of rotatable bonds is 1. The Labute approximate surface area is 69.3 Å². The molecule has 4 heteroatoms. The number of nitrogens with one attached hydrogen (secondary N) is 2. The van der Waals surface area contributed by atoms with Crippen molar-refractivity contribution in [3.8, 4) is 0 Å². The predicted octanol–water partition coefficient (Wildman–Crippen LogP) is 1.11. The van der Waals surface area contributed by atoms with Gasteiger partial charge in [-0.25, -0.2) is 5.43 Å². The van der Waals surface area contributed by atoms with Gasteiger partial charge in [0.2, 0.25) is 5.50 Å². The van der Waals surface area contributed by atoms with Crippen molar-refractivity contribution >= 4 is 17.4 Å². The predicted molar refractivity (Wildman–Crippen MR) is 46.5 cm³/mol. The number of hydrogen-bond donors (Lipinski definition) is 3. The van der Waals surface area contributed by atoms with Crippen LogP contribution in [0.5, 0.6) is 0 Å². The van der Waals surface area contributed by atoms with Crippen LogP contribution >= 0.6 is 11.8 Å². The van der Waals surface area contributed by atoms with Gasteiger partial charge in [0.25, 0.3) is 0 Å². The molecule has 0 amide bonds. The summed E-state index contributed by atoms with van der Waals surface area (Å²) < 4.78 is 0. The fourth-order valence-electron chi connectivity index (χ4n) is 0.982. The second-order valence-electron chi connectivity index (χ2n) is 2.20. The Morgan fingerprint density at radius 2 is 2.18 bits per heavy atom.